The van der Waals surface area contributed by atoms with Crippen LogP contribution in [0.2, 0.25) is 0 Å². The van der Waals surface area contributed by atoms with Crippen molar-refractivity contribution < 1.29 is 14.1 Å². The molecule has 0 unspecified atom stereocenters. The molecule has 0 bridgehead atoms. The van der Waals surface area contributed by atoms with Gasteiger partial charge in [0.15, 0.2) is 0 Å². The number of carbonyl (C=O) groups excluding carboxylic acids is 1. The minimum absolute atomic E-state index is 0.0799. The fraction of sp³-hybridized carbons (Fsp3) is 0.348. The minimum Gasteiger partial charge on any atom is -0.497 e. The molecule has 150 valence electrons. The number of hydrogen-bond donors (Lipinski definition) is 0. The van der Waals surface area contributed by atoms with Crippen molar-refractivity contribution in [2.75, 3.05) is 20.2 Å². The van der Waals surface area contributed by atoms with E-state index in [1.165, 1.54) is 5.56 Å². The Kier molecular flexibility index (Phi) is 5.89. The highest BCUT2D eigenvalue weighted by molar-refractivity contribution is 5.76. The van der Waals surface area contributed by atoms with E-state index in [-0.39, 0.29) is 11.8 Å². The number of aryl methyl sites for hydroxylation is 1. The predicted octanol–water partition coefficient (Wildman–Crippen LogP) is 4.08. The number of aromatic nitrogens is 2. The van der Waals surface area contributed by atoms with E-state index < -0.39 is 0 Å². The van der Waals surface area contributed by atoms with Gasteiger partial charge in [0.1, 0.15) is 5.75 Å². The van der Waals surface area contributed by atoms with Gasteiger partial charge in [-0.3, -0.25) is 4.79 Å². The van der Waals surface area contributed by atoms with Gasteiger partial charge >= 0.3 is 0 Å². The maximum absolute atomic E-state index is 12.7. The normalized spacial score (nSPS) is 16.6. The third-order valence-corrected chi connectivity index (χ3v) is 5.36. The lowest BCUT2D eigenvalue weighted by molar-refractivity contribution is -0.132. The van der Waals surface area contributed by atoms with Gasteiger partial charge in [-0.2, -0.15) is 4.98 Å². The zero-order chi connectivity index (χ0) is 20.1. The van der Waals surface area contributed by atoms with E-state index in [1.54, 1.807) is 7.11 Å². The van der Waals surface area contributed by atoms with Crippen LogP contribution >= 0.6 is 0 Å². The molecule has 1 aromatic heterocycles. The highest BCUT2D eigenvalue weighted by Crippen LogP contribution is 2.29. The topological polar surface area (TPSA) is 68.5 Å². The highest BCUT2D eigenvalue weighted by Gasteiger charge is 2.28. The summed E-state index contributed by atoms with van der Waals surface area (Å²) in [5.74, 6) is 2.17. The van der Waals surface area contributed by atoms with Crippen LogP contribution in [0, 0.1) is 0 Å². The predicted molar refractivity (Wildman–Crippen MR) is 110 cm³/mol. The number of ether oxygens (including phenoxy) is 1. The number of amides is 1. The summed E-state index contributed by atoms with van der Waals surface area (Å²) in [6.07, 6.45) is 3.18. The quantitative estimate of drug-likeness (QED) is 0.633. The molecule has 0 radical (unpaired) electrons. The van der Waals surface area contributed by atoms with Crippen LogP contribution in [0.25, 0.3) is 11.4 Å². The molecule has 0 N–H and O–H groups in total. The summed E-state index contributed by atoms with van der Waals surface area (Å²) in [6.45, 7) is 1.42. The number of likely N-dealkylation sites (tertiary alicyclic amines) is 1. The van der Waals surface area contributed by atoms with E-state index in [1.807, 2.05) is 47.4 Å². The molecular weight excluding hydrogens is 366 g/mol. The summed E-state index contributed by atoms with van der Waals surface area (Å²) >= 11 is 0. The van der Waals surface area contributed by atoms with Gasteiger partial charge in [0, 0.05) is 25.1 Å². The van der Waals surface area contributed by atoms with Crippen LogP contribution in [-0.2, 0) is 11.2 Å². The average Bonchev–Trinajstić information content (AvgIpc) is 3.29. The first kappa shape index (κ1) is 19.2. The Hall–Kier alpha value is -3.15. The minimum atomic E-state index is 0.0799. The average molecular weight is 391 g/mol. The Morgan fingerprint density at radius 3 is 2.90 bits per heavy atom. The van der Waals surface area contributed by atoms with Gasteiger partial charge < -0.3 is 14.2 Å². The van der Waals surface area contributed by atoms with Crippen molar-refractivity contribution in [3.05, 3.63) is 66.1 Å². The van der Waals surface area contributed by atoms with Gasteiger partial charge in [-0.25, -0.2) is 0 Å². The Morgan fingerprint density at radius 1 is 1.21 bits per heavy atom. The van der Waals surface area contributed by atoms with Crippen LogP contribution in [0.3, 0.4) is 0 Å². The molecule has 1 amide bonds. The van der Waals surface area contributed by atoms with E-state index in [2.05, 4.69) is 22.3 Å². The summed E-state index contributed by atoms with van der Waals surface area (Å²) in [5.41, 5.74) is 2.04. The van der Waals surface area contributed by atoms with Crippen molar-refractivity contribution in [3.8, 4) is 17.1 Å². The highest BCUT2D eigenvalue weighted by atomic mass is 16.5. The lowest BCUT2D eigenvalue weighted by Crippen LogP contribution is -2.39. The number of benzene rings is 2. The summed E-state index contributed by atoms with van der Waals surface area (Å²) in [6, 6.07) is 17.7. The molecule has 4 rings (SSSR count). The Balaban J connectivity index is 1.39. The van der Waals surface area contributed by atoms with Gasteiger partial charge in [0.25, 0.3) is 0 Å². The second kappa shape index (κ2) is 8.90. The third kappa shape index (κ3) is 4.65. The fourth-order valence-corrected chi connectivity index (χ4v) is 3.74. The first-order valence-electron chi connectivity index (χ1n) is 10.0. The number of hydrogen-bond acceptors (Lipinski definition) is 5. The summed E-state index contributed by atoms with van der Waals surface area (Å²) in [4.78, 5) is 19.2. The van der Waals surface area contributed by atoms with Crippen LogP contribution in [0.15, 0.2) is 59.1 Å². The standard InChI is InChI=1S/C23H25N3O3/c1-28-20-11-5-9-18(15-20)22-24-23(29-25-22)19-10-6-14-26(16-19)21(27)13-12-17-7-3-2-4-8-17/h2-5,7-9,11,15,19H,6,10,12-14,16H2,1H3/t19-/m1/s1. The molecule has 2 aromatic carbocycles. The second-order valence-corrected chi connectivity index (χ2v) is 7.35. The maximum atomic E-state index is 12.7. The van der Waals surface area contributed by atoms with Gasteiger partial charge in [-0.15, -0.1) is 0 Å². The van der Waals surface area contributed by atoms with Crippen molar-refractivity contribution in [3.63, 3.8) is 0 Å². The third-order valence-electron chi connectivity index (χ3n) is 5.36. The number of carbonyl (C=O) groups is 1. The van der Waals surface area contributed by atoms with E-state index in [9.17, 15) is 4.79 Å². The first-order valence-corrected chi connectivity index (χ1v) is 10.0. The van der Waals surface area contributed by atoms with Gasteiger partial charge in [-0.05, 0) is 37.0 Å². The molecule has 6 nitrogen and oxygen atoms in total. The molecule has 3 aromatic rings. The summed E-state index contributed by atoms with van der Waals surface area (Å²) in [5, 5.41) is 4.14. The van der Waals surface area contributed by atoms with Gasteiger partial charge in [0.05, 0.1) is 13.0 Å². The van der Waals surface area contributed by atoms with E-state index >= 15 is 0 Å². The van der Waals surface area contributed by atoms with Crippen LogP contribution < -0.4 is 4.74 Å². The number of nitrogens with zero attached hydrogens (tertiary/aromatic N) is 3. The zero-order valence-corrected chi connectivity index (χ0v) is 16.6. The van der Waals surface area contributed by atoms with Gasteiger partial charge in [0.2, 0.25) is 17.6 Å². The molecule has 0 spiro atoms. The van der Waals surface area contributed by atoms with Crippen molar-refractivity contribution >= 4 is 5.91 Å². The zero-order valence-electron chi connectivity index (χ0n) is 16.6. The van der Waals surface area contributed by atoms with Crippen molar-refractivity contribution in [1.29, 1.82) is 0 Å². The lowest BCUT2D eigenvalue weighted by atomic mass is 9.97. The maximum Gasteiger partial charge on any atom is 0.231 e. The molecule has 29 heavy (non-hydrogen) atoms. The van der Waals surface area contributed by atoms with Crippen LogP contribution in [0.1, 0.15) is 36.6 Å². The largest absolute Gasteiger partial charge is 0.497 e. The molecule has 0 saturated carbocycles. The van der Waals surface area contributed by atoms with E-state index in [0.717, 1.165) is 37.1 Å². The molecule has 1 saturated heterocycles. The van der Waals surface area contributed by atoms with Gasteiger partial charge in [-0.1, -0.05) is 47.6 Å². The number of piperidine rings is 1. The second-order valence-electron chi connectivity index (χ2n) is 7.35. The summed E-state index contributed by atoms with van der Waals surface area (Å²) < 4.78 is 10.8. The monoisotopic (exact) mass is 391 g/mol. The first-order chi connectivity index (χ1) is 14.2. The molecular formula is C23H25N3O3. The molecule has 6 heteroatoms. The molecule has 0 aliphatic carbocycles. The van der Waals surface area contributed by atoms with Crippen molar-refractivity contribution in [2.45, 2.75) is 31.6 Å². The number of methoxy groups -OCH3 is 1. The number of rotatable bonds is 6. The van der Waals surface area contributed by atoms with Crippen LogP contribution in [0.4, 0.5) is 0 Å². The van der Waals surface area contributed by atoms with Crippen molar-refractivity contribution in [2.24, 2.45) is 0 Å². The molecule has 2 heterocycles. The van der Waals surface area contributed by atoms with Crippen LogP contribution in [-0.4, -0.2) is 41.1 Å². The van der Waals surface area contributed by atoms with E-state index in [4.69, 9.17) is 9.26 Å². The van der Waals surface area contributed by atoms with Crippen molar-refractivity contribution in [1.82, 2.24) is 15.0 Å². The summed E-state index contributed by atoms with van der Waals surface area (Å²) in [7, 11) is 1.63. The Bertz CT molecular complexity index is 955. The molecule has 1 aliphatic rings. The fourth-order valence-electron chi connectivity index (χ4n) is 3.74. The van der Waals surface area contributed by atoms with E-state index in [0.29, 0.717) is 24.7 Å². The Labute approximate surface area is 170 Å². The SMILES string of the molecule is COc1cccc(-c2noc([C@@H]3CCCN(C(=O)CCc4ccccc4)C3)n2)c1. The molecule has 1 aliphatic heterocycles. The molecule has 1 atom stereocenters. The molecule has 1 fully saturated rings. The smallest absolute Gasteiger partial charge is 0.231 e. The van der Waals surface area contributed by atoms with Crippen LogP contribution in [0.5, 0.6) is 5.75 Å². The Morgan fingerprint density at radius 2 is 2.07 bits per heavy atom. The lowest BCUT2D eigenvalue weighted by Gasteiger charge is -2.31.